The first-order chi connectivity index (χ1) is 7.20. The second kappa shape index (κ2) is 4.31. The number of pyridine rings is 1. The van der Waals surface area contributed by atoms with Gasteiger partial charge in [0.2, 0.25) is 5.78 Å². The van der Waals surface area contributed by atoms with E-state index in [4.69, 9.17) is 23.2 Å². The molecule has 15 heavy (non-hydrogen) atoms. The van der Waals surface area contributed by atoms with Crippen molar-refractivity contribution in [3.05, 3.63) is 50.4 Å². The molecule has 0 saturated carbocycles. The molecule has 2 heterocycles. The third kappa shape index (κ3) is 2.04. The molecule has 2 aromatic rings. The maximum absolute atomic E-state index is 11.9. The summed E-state index contributed by atoms with van der Waals surface area (Å²) in [6.45, 7) is 0. The van der Waals surface area contributed by atoms with E-state index in [9.17, 15) is 4.79 Å². The number of carbonyl (C=O) groups is 1. The molecule has 0 aliphatic rings. The Kier molecular flexibility index (Phi) is 3.05. The zero-order valence-corrected chi connectivity index (χ0v) is 9.73. The lowest BCUT2D eigenvalue weighted by atomic mass is 10.2. The smallest absolute Gasteiger partial charge is 0.222 e. The normalized spacial score (nSPS) is 10.3. The van der Waals surface area contributed by atoms with Crippen LogP contribution in [0.4, 0.5) is 0 Å². The van der Waals surface area contributed by atoms with E-state index in [0.29, 0.717) is 9.90 Å². The van der Waals surface area contributed by atoms with Crippen LogP contribution < -0.4 is 0 Å². The molecule has 0 radical (unpaired) electrons. The first-order valence-electron chi connectivity index (χ1n) is 4.08. The minimum absolute atomic E-state index is 0.197. The Morgan fingerprint density at radius 1 is 1.33 bits per heavy atom. The van der Waals surface area contributed by atoms with Crippen molar-refractivity contribution in [2.45, 2.75) is 0 Å². The van der Waals surface area contributed by atoms with E-state index in [1.165, 1.54) is 17.5 Å². The first-order valence-corrected chi connectivity index (χ1v) is 5.72. The zero-order valence-electron chi connectivity index (χ0n) is 7.41. The van der Waals surface area contributed by atoms with E-state index in [-0.39, 0.29) is 16.5 Å². The van der Waals surface area contributed by atoms with Gasteiger partial charge in [-0.05, 0) is 17.5 Å². The van der Waals surface area contributed by atoms with Gasteiger partial charge in [-0.25, -0.2) is 0 Å². The average Bonchev–Trinajstić information content (AvgIpc) is 2.74. The Balaban J connectivity index is 2.47. The predicted octanol–water partition coefficient (Wildman–Crippen LogP) is 3.68. The summed E-state index contributed by atoms with van der Waals surface area (Å²) in [4.78, 5) is 16.4. The summed E-state index contributed by atoms with van der Waals surface area (Å²) in [5, 5.41) is 2.37. The zero-order chi connectivity index (χ0) is 10.8. The fraction of sp³-hybridized carbons (Fsp3) is 0. The van der Waals surface area contributed by atoms with E-state index >= 15 is 0 Å². The van der Waals surface area contributed by atoms with Gasteiger partial charge in [-0.3, -0.25) is 9.78 Å². The van der Waals surface area contributed by atoms with Crippen LogP contribution in [0.15, 0.2) is 29.8 Å². The van der Waals surface area contributed by atoms with Crippen molar-refractivity contribution < 1.29 is 4.79 Å². The first kappa shape index (κ1) is 10.6. The fourth-order valence-corrected chi connectivity index (χ4v) is 2.11. The molecule has 2 rings (SSSR count). The predicted molar refractivity (Wildman–Crippen MR) is 62.0 cm³/mol. The number of aromatic nitrogens is 1. The summed E-state index contributed by atoms with van der Waals surface area (Å²) in [6.07, 6.45) is 1.47. The number of ketones is 1. The quantitative estimate of drug-likeness (QED) is 0.769. The average molecular weight is 258 g/mol. The lowest BCUT2D eigenvalue weighted by Crippen LogP contribution is -2.02. The number of rotatable bonds is 2. The highest BCUT2D eigenvalue weighted by atomic mass is 35.5. The maximum atomic E-state index is 11.9. The SMILES string of the molecule is O=C(c1cccs1)c1nccc(Cl)c1Cl. The number of hydrogen-bond acceptors (Lipinski definition) is 3. The summed E-state index contributed by atoms with van der Waals surface area (Å²) in [6, 6.07) is 5.08. The molecule has 0 saturated heterocycles. The molecular formula is C10H5Cl2NOS. The number of carbonyl (C=O) groups excluding carboxylic acids is 1. The van der Waals surface area contributed by atoms with Crippen LogP contribution in [0, 0.1) is 0 Å². The Morgan fingerprint density at radius 3 is 2.80 bits per heavy atom. The number of nitrogens with zero attached hydrogens (tertiary/aromatic N) is 1. The van der Waals surface area contributed by atoms with E-state index in [0.717, 1.165) is 0 Å². The highest BCUT2D eigenvalue weighted by Crippen LogP contribution is 2.26. The van der Waals surface area contributed by atoms with Crippen LogP contribution in [-0.4, -0.2) is 10.8 Å². The van der Waals surface area contributed by atoms with Gasteiger partial charge in [0.15, 0.2) is 0 Å². The van der Waals surface area contributed by atoms with Crippen LogP contribution in [-0.2, 0) is 0 Å². The van der Waals surface area contributed by atoms with Crippen LogP contribution in [0.3, 0.4) is 0 Å². The van der Waals surface area contributed by atoms with Gasteiger partial charge in [0.25, 0.3) is 0 Å². The summed E-state index contributed by atoms with van der Waals surface area (Å²) >= 11 is 13.0. The molecule has 5 heteroatoms. The molecule has 76 valence electrons. The molecule has 0 spiro atoms. The minimum Gasteiger partial charge on any atom is -0.286 e. The van der Waals surface area contributed by atoms with Gasteiger partial charge in [0.05, 0.1) is 14.9 Å². The molecule has 0 fully saturated rings. The van der Waals surface area contributed by atoms with Gasteiger partial charge < -0.3 is 0 Å². The molecule has 2 nitrogen and oxygen atoms in total. The van der Waals surface area contributed by atoms with Gasteiger partial charge >= 0.3 is 0 Å². The van der Waals surface area contributed by atoms with Gasteiger partial charge in [-0.1, -0.05) is 29.3 Å². The Morgan fingerprint density at radius 2 is 2.13 bits per heavy atom. The van der Waals surface area contributed by atoms with Crippen molar-refractivity contribution in [1.82, 2.24) is 4.98 Å². The summed E-state index contributed by atoms with van der Waals surface area (Å²) in [7, 11) is 0. The lowest BCUT2D eigenvalue weighted by molar-refractivity contribution is 0.103. The molecule has 0 unspecified atom stereocenters. The second-order valence-corrected chi connectivity index (χ2v) is 4.49. The fourth-order valence-electron chi connectivity index (χ4n) is 1.10. The molecule has 0 amide bonds. The molecule has 0 N–H and O–H groups in total. The topological polar surface area (TPSA) is 30.0 Å². The molecule has 0 bridgehead atoms. The van der Waals surface area contributed by atoms with E-state index in [1.807, 2.05) is 5.38 Å². The Labute approximate surface area is 100 Å². The Hall–Kier alpha value is -0.900. The highest BCUT2D eigenvalue weighted by molar-refractivity contribution is 7.12. The van der Waals surface area contributed by atoms with Crippen LogP contribution in [0.2, 0.25) is 10.0 Å². The molecule has 0 aliphatic carbocycles. The van der Waals surface area contributed by atoms with Crippen LogP contribution in [0.25, 0.3) is 0 Å². The van der Waals surface area contributed by atoms with Crippen molar-refractivity contribution in [1.29, 1.82) is 0 Å². The maximum Gasteiger partial charge on any atom is 0.222 e. The monoisotopic (exact) mass is 257 g/mol. The molecule has 2 aromatic heterocycles. The van der Waals surface area contributed by atoms with Crippen molar-refractivity contribution in [3.63, 3.8) is 0 Å². The Bertz CT molecular complexity index is 496. The van der Waals surface area contributed by atoms with Crippen molar-refractivity contribution in [2.75, 3.05) is 0 Å². The van der Waals surface area contributed by atoms with E-state index in [2.05, 4.69) is 4.98 Å². The minimum atomic E-state index is -0.197. The summed E-state index contributed by atoms with van der Waals surface area (Å²) in [5.41, 5.74) is 0.201. The molecule has 0 aromatic carbocycles. The summed E-state index contributed by atoms with van der Waals surface area (Å²) in [5.74, 6) is -0.197. The third-order valence-electron chi connectivity index (χ3n) is 1.80. The van der Waals surface area contributed by atoms with Crippen LogP contribution in [0.1, 0.15) is 15.4 Å². The van der Waals surface area contributed by atoms with Gasteiger partial charge in [0, 0.05) is 6.20 Å². The van der Waals surface area contributed by atoms with Crippen molar-refractivity contribution >= 4 is 40.3 Å². The summed E-state index contributed by atoms with van der Waals surface area (Å²) < 4.78 is 0. The van der Waals surface area contributed by atoms with Gasteiger partial charge in [-0.2, -0.15) is 0 Å². The molecular weight excluding hydrogens is 253 g/mol. The molecule has 0 atom stereocenters. The second-order valence-electron chi connectivity index (χ2n) is 2.76. The number of halogens is 2. The largest absolute Gasteiger partial charge is 0.286 e. The van der Waals surface area contributed by atoms with Gasteiger partial charge in [-0.15, -0.1) is 11.3 Å². The third-order valence-corrected chi connectivity index (χ3v) is 3.47. The van der Waals surface area contributed by atoms with Crippen molar-refractivity contribution in [3.8, 4) is 0 Å². The van der Waals surface area contributed by atoms with Gasteiger partial charge in [0.1, 0.15) is 5.69 Å². The van der Waals surface area contributed by atoms with E-state index < -0.39 is 0 Å². The standard InChI is InChI=1S/C10H5Cl2NOS/c11-6-3-4-13-9(8(6)12)10(14)7-2-1-5-15-7/h1-5H. The van der Waals surface area contributed by atoms with Crippen molar-refractivity contribution in [2.24, 2.45) is 0 Å². The number of thiophene rings is 1. The number of hydrogen-bond donors (Lipinski definition) is 0. The lowest BCUT2D eigenvalue weighted by Gasteiger charge is -2.01. The van der Waals surface area contributed by atoms with Crippen LogP contribution in [0.5, 0.6) is 0 Å². The molecule has 0 aliphatic heterocycles. The highest BCUT2D eigenvalue weighted by Gasteiger charge is 2.16. The van der Waals surface area contributed by atoms with Crippen LogP contribution >= 0.6 is 34.5 Å². The van der Waals surface area contributed by atoms with E-state index in [1.54, 1.807) is 18.2 Å².